The minimum absolute atomic E-state index is 0.0791. The fourth-order valence-corrected chi connectivity index (χ4v) is 3.10. The maximum atomic E-state index is 12.5. The summed E-state index contributed by atoms with van der Waals surface area (Å²) in [6, 6.07) is 0. The van der Waals surface area contributed by atoms with Crippen molar-refractivity contribution in [3.8, 4) is 0 Å². The van der Waals surface area contributed by atoms with Crippen LogP contribution in [0.5, 0.6) is 0 Å². The first-order chi connectivity index (χ1) is 12.6. The molecule has 0 radical (unpaired) electrons. The lowest BCUT2D eigenvalue weighted by Crippen LogP contribution is -2.44. The molecule has 1 N–H and O–H groups in total. The molecule has 3 rings (SSSR count). The van der Waals surface area contributed by atoms with E-state index in [9.17, 15) is 4.79 Å². The van der Waals surface area contributed by atoms with Crippen molar-refractivity contribution in [1.82, 2.24) is 39.9 Å². The van der Waals surface area contributed by atoms with Gasteiger partial charge in [-0.2, -0.15) is 5.10 Å². The summed E-state index contributed by atoms with van der Waals surface area (Å²) < 4.78 is 3.56. The van der Waals surface area contributed by atoms with Crippen molar-refractivity contribution in [2.24, 2.45) is 7.05 Å². The van der Waals surface area contributed by atoms with Crippen LogP contribution in [-0.4, -0.2) is 86.8 Å². The van der Waals surface area contributed by atoms with Gasteiger partial charge in [-0.25, -0.2) is 0 Å². The van der Waals surface area contributed by atoms with Gasteiger partial charge in [0.15, 0.2) is 5.69 Å². The van der Waals surface area contributed by atoms with E-state index in [2.05, 4.69) is 25.6 Å². The average Bonchev–Trinajstić information content (AvgIpc) is 3.29. The molecule has 142 valence electrons. The van der Waals surface area contributed by atoms with Crippen LogP contribution in [0.25, 0.3) is 0 Å². The molecule has 3 heterocycles. The van der Waals surface area contributed by atoms with Gasteiger partial charge in [-0.3, -0.25) is 19.1 Å². The summed E-state index contributed by atoms with van der Waals surface area (Å²) in [6.45, 7) is 6.54. The van der Waals surface area contributed by atoms with Gasteiger partial charge in [0.2, 0.25) is 0 Å². The third-order valence-electron chi connectivity index (χ3n) is 4.68. The van der Waals surface area contributed by atoms with E-state index in [-0.39, 0.29) is 5.91 Å². The summed E-state index contributed by atoms with van der Waals surface area (Å²) >= 11 is 0. The number of hydrogen-bond acceptors (Lipinski definition) is 6. The number of aryl methyl sites for hydroxylation is 2. The summed E-state index contributed by atoms with van der Waals surface area (Å²) in [6.07, 6.45) is 7.42. The van der Waals surface area contributed by atoms with E-state index in [0.29, 0.717) is 12.2 Å². The fourth-order valence-electron chi connectivity index (χ4n) is 3.10. The Morgan fingerprint density at radius 2 is 2.08 bits per heavy atom. The Morgan fingerprint density at radius 3 is 2.81 bits per heavy atom. The molecule has 0 spiro atoms. The second-order valence-electron chi connectivity index (χ2n) is 6.81. The normalized spacial score (nSPS) is 15.3. The number of nitrogens with one attached hydrogen (secondary N) is 1. The number of carbonyl (C=O) groups is 1. The van der Waals surface area contributed by atoms with Crippen LogP contribution in [0.2, 0.25) is 0 Å². The molecule has 9 heteroatoms. The molecular weight excluding hydrogens is 332 g/mol. The number of piperazine rings is 1. The molecule has 0 atom stereocenters. The minimum atomic E-state index is -0.0791. The van der Waals surface area contributed by atoms with E-state index in [0.717, 1.165) is 52.1 Å². The van der Waals surface area contributed by atoms with Gasteiger partial charge in [-0.05, 0) is 18.4 Å². The number of carbonyl (C=O) groups excluding carboxylic acids is 1. The van der Waals surface area contributed by atoms with Gasteiger partial charge < -0.3 is 10.2 Å². The molecule has 2 aromatic rings. The molecule has 9 nitrogen and oxygen atoms in total. The summed E-state index contributed by atoms with van der Waals surface area (Å²) in [5.41, 5.74) is 1.60. The smallest absolute Gasteiger partial charge is 0.275 e. The Morgan fingerprint density at radius 1 is 1.27 bits per heavy atom. The Balaban J connectivity index is 1.42. The van der Waals surface area contributed by atoms with E-state index in [1.54, 1.807) is 20.5 Å². The third-order valence-corrected chi connectivity index (χ3v) is 4.68. The molecule has 1 saturated heterocycles. The van der Waals surface area contributed by atoms with Crippen LogP contribution in [0.3, 0.4) is 0 Å². The Labute approximate surface area is 153 Å². The zero-order valence-corrected chi connectivity index (χ0v) is 15.6. The molecule has 0 aromatic carbocycles. The first kappa shape index (κ1) is 18.5. The van der Waals surface area contributed by atoms with Gasteiger partial charge >= 0.3 is 0 Å². The molecule has 0 unspecified atom stereocenters. The zero-order valence-electron chi connectivity index (χ0n) is 15.6. The van der Waals surface area contributed by atoms with Crippen molar-refractivity contribution in [3.63, 3.8) is 0 Å². The molecule has 2 aromatic heterocycles. The maximum Gasteiger partial charge on any atom is 0.275 e. The van der Waals surface area contributed by atoms with Crippen molar-refractivity contribution < 1.29 is 4.79 Å². The van der Waals surface area contributed by atoms with E-state index in [4.69, 9.17) is 0 Å². The lowest BCUT2D eigenvalue weighted by Gasteiger charge is -2.26. The molecule has 1 aliphatic heterocycles. The van der Waals surface area contributed by atoms with Gasteiger partial charge in [0.05, 0.1) is 18.9 Å². The topological polar surface area (TPSA) is 84.1 Å². The van der Waals surface area contributed by atoms with E-state index >= 15 is 0 Å². The highest BCUT2D eigenvalue weighted by Crippen LogP contribution is 2.05. The van der Waals surface area contributed by atoms with E-state index in [1.807, 2.05) is 26.5 Å². The summed E-state index contributed by atoms with van der Waals surface area (Å²) in [5.74, 6) is -0.0791. The number of rotatable bonds is 8. The van der Waals surface area contributed by atoms with Crippen LogP contribution in [0.15, 0.2) is 18.6 Å². The largest absolute Gasteiger partial charge is 0.340 e. The van der Waals surface area contributed by atoms with Crippen molar-refractivity contribution in [2.45, 2.75) is 19.4 Å². The molecule has 0 aliphatic carbocycles. The van der Waals surface area contributed by atoms with Gasteiger partial charge in [-0.15, -0.1) is 5.10 Å². The first-order valence-electron chi connectivity index (χ1n) is 9.18. The van der Waals surface area contributed by atoms with Crippen molar-refractivity contribution in [3.05, 3.63) is 29.8 Å². The molecule has 1 fully saturated rings. The van der Waals surface area contributed by atoms with Crippen LogP contribution in [0.4, 0.5) is 0 Å². The Bertz CT molecular complexity index is 703. The van der Waals surface area contributed by atoms with E-state index in [1.165, 1.54) is 5.56 Å². The van der Waals surface area contributed by atoms with Gasteiger partial charge in [0.1, 0.15) is 0 Å². The molecule has 1 amide bonds. The molecule has 26 heavy (non-hydrogen) atoms. The third kappa shape index (κ3) is 5.12. The lowest BCUT2D eigenvalue weighted by molar-refractivity contribution is 0.0787. The van der Waals surface area contributed by atoms with Crippen LogP contribution < -0.4 is 5.32 Å². The second kappa shape index (κ2) is 8.91. The molecule has 0 saturated carbocycles. The highest BCUT2D eigenvalue weighted by molar-refractivity contribution is 5.91. The van der Waals surface area contributed by atoms with Crippen LogP contribution in [0, 0.1) is 0 Å². The number of hydrogen-bond donors (Lipinski definition) is 1. The number of nitrogens with zero attached hydrogens (tertiary/aromatic N) is 7. The number of aromatic nitrogens is 5. The Kier molecular flexibility index (Phi) is 6.35. The number of amides is 1. The predicted octanol–water partition coefficient (Wildman–Crippen LogP) is -0.378. The van der Waals surface area contributed by atoms with Crippen molar-refractivity contribution in [1.29, 1.82) is 0 Å². The lowest BCUT2D eigenvalue weighted by atomic mass is 10.2. The van der Waals surface area contributed by atoms with Crippen LogP contribution >= 0.6 is 0 Å². The predicted molar refractivity (Wildman–Crippen MR) is 97.8 cm³/mol. The van der Waals surface area contributed by atoms with E-state index < -0.39 is 0 Å². The van der Waals surface area contributed by atoms with Gasteiger partial charge in [-0.1, -0.05) is 5.21 Å². The average molecular weight is 360 g/mol. The van der Waals surface area contributed by atoms with Crippen molar-refractivity contribution >= 4 is 5.91 Å². The van der Waals surface area contributed by atoms with Gasteiger partial charge in [0.25, 0.3) is 5.91 Å². The molecule has 1 aliphatic rings. The van der Waals surface area contributed by atoms with Gasteiger partial charge in [0, 0.05) is 59.6 Å². The second-order valence-corrected chi connectivity index (χ2v) is 6.81. The fraction of sp³-hybridized carbons (Fsp3) is 0.647. The SMILES string of the molecule is CN(CCCc1cnn(C)c1)C(=O)c1cn(CCN2CCNCC2)nn1. The maximum absolute atomic E-state index is 12.5. The highest BCUT2D eigenvalue weighted by Gasteiger charge is 2.16. The minimum Gasteiger partial charge on any atom is -0.340 e. The zero-order chi connectivity index (χ0) is 18.4. The summed E-state index contributed by atoms with van der Waals surface area (Å²) in [7, 11) is 3.72. The van der Waals surface area contributed by atoms with Crippen LogP contribution in [-0.2, 0) is 20.0 Å². The Hall–Kier alpha value is -2.26. The molecule has 0 bridgehead atoms. The quantitative estimate of drug-likeness (QED) is 0.691. The summed E-state index contributed by atoms with van der Waals surface area (Å²) in [4.78, 5) is 16.6. The molecular formula is C17H28N8O. The summed E-state index contributed by atoms with van der Waals surface area (Å²) in [5, 5.41) is 15.6. The monoisotopic (exact) mass is 360 g/mol. The van der Waals surface area contributed by atoms with Crippen molar-refractivity contribution in [2.75, 3.05) is 46.3 Å². The highest BCUT2D eigenvalue weighted by atomic mass is 16.2. The van der Waals surface area contributed by atoms with Crippen LogP contribution in [0.1, 0.15) is 22.5 Å². The standard InChI is InChI=1S/C17H28N8O/c1-22(7-3-4-15-12-19-23(2)13-15)17(26)16-14-25(21-20-16)11-10-24-8-5-18-6-9-24/h12-14,18H,3-11H2,1-2H3. The first-order valence-corrected chi connectivity index (χ1v) is 9.18.